The van der Waals surface area contributed by atoms with Gasteiger partial charge in [-0.15, -0.1) is 0 Å². The Morgan fingerprint density at radius 2 is 1.72 bits per heavy atom. The van der Waals surface area contributed by atoms with Gasteiger partial charge in [0.25, 0.3) is 0 Å². The van der Waals surface area contributed by atoms with E-state index in [1.165, 1.54) is 32.1 Å². The molecule has 4 N–H and O–H groups in total. The lowest BCUT2D eigenvalue weighted by Crippen LogP contribution is -2.15. The summed E-state index contributed by atoms with van der Waals surface area (Å²) in [4.78, 5) is 8.62. The van der Waals surface area contributed by atoms with Crippen LogP contribution in [0.4, 0.5) is 11.6 Å². The molecule has 1 aromatic heterocycles. The summed E-state index contributed by atoms with van der Waals surface area (Å²) < 4.78 is 0. The number of hydrogen-bond donors (Lipinski definition) is 3. The van der Waals surface area contributed by atoms with E-state index in [1.54, 1.807) is 0 Å². The van der Waals surface area contributed by atoms with Crippen LogP contribution in [0.3, 0.4) is 0 Å². The van der Waals surface area contributed by atoms with Crippen LogP contribution in [0.15, 0.2) is 0 Å². The average Bonchev–Trinajstić information content (AvgIpc) is 2.34. The highest BCUT2D eigenvalue weighted by molar-refractivity contribution is 7.80. The van der Waals surface area contributed by atoms with Crippen molar-refractivity contribution in [2.45, 2.75) is 50.7 Å². The van der Waals surface area contributed by atoms with E-state index in [2.05, 4.69) is 22.6 Å². The van der Waals surface area contributed by atoms with Crippen LogP contribution in [0.5, 0.6) is 0 Å². The van der Waals surface area contributed by atoms with Crippen molar-refractivity contribution in [3.05, 3.63) is 11.4 Å². The highest BCUT2D eigenvalue weighted by Gasteiger charge is 2.19. The highest BCUT2D eigenvalue weighted by Crippen LogP contribution is 2.30. The van der Waals surface area contributed by atoms with E-state index >= 15 is 0 Å². The monoisotopic (exact) mass is 266 g/mol. The molecule has 1 saturated carbocycles. The van der Waals surface area contributed by atoms with E-state index in [1.807, 2.05) is 6.92 Å². The van der Waals surface area contributed by atoms with Gasteiger partial charge in [0.2, 0.25) is 0 Å². The van der Waals surface area contributed by atoms with E-state index < -0.39 is 0 Å². The van der Waals surface area contributed by atoms with Gasteiger partial charge in [-0.3, -0.25) is 0 Å². The fourth-order valence-corrected chi connectivity index (χ4v) is 2.73. The smallest absolute Gasteiger partial charge is 0.145 e. The minimum atomic E-state index is -0.0432. The predicted molar refractivity (Wildman–Crippen MR) is 78.5 cm³/mol. The van der Waals surface area contributed by atoms with Gasteiger partial charge in [0.1, 0.15) is 17.5 Å². The Hall–Kier alpha value is -0.970. The first-order valence-electron chi connectivity index (χ1n) is 6.67. The molecule has 18 heavy (non-hydrogen) atoms. The molecule has 2 rings (SSSR count). The Bertz CT molecular complexity index is 390. The summed E-state index contributed by atoms with van der Waals surface area (Å²) in [5, 5.41) is -0.0432. The first kappa shape index (κ1) is 13.5. The largest absolute Gasteiger partial charge is 0.383 e. The first-order chi connectivity index (χ1) is 8.58. The minimum Gasteiger partial charge on any atom is -0.383 e. The molecule has 0 saturated heterocycles. The molecule has 0 spiro atoms. The van der Waals surface area contributed by atoms with Gasteiger partial charge in [-0.1, -0.05) is 32.1 Å². The molecule has 1 aliphatic rings. The Balaban J connectivity index is 2.17. The summed E-state index contributed by atoms with van der Waals surface area (Å²) >= 11 is 4.31. The van der Waals surface area contributed by atoms with Crippen LogP contribution < -0.4 is 11.5 Å². The highest BCUT2D eigenvalue weighted by atomic mass is 32.1. The van der Waals surface area contributed by atoms with Crippen LogP contribution in [0.1, 0.15) is 55.7 Å². The number of nitrogens with two attached hydrogens (primary N) is 2. The van der Waals surface area contributed by atoms with Crippen molar-refractivity contribution >= 4 is 24.3 Å². The van der Waals surface area contributed by atoms with E-state index in [-0.39, 0.29) is 5.25 Å². The van der Waals surface area contributed by atoms with E-state index in [9.17, 15) is 0 Å². The van der Waals surface area contributed by atoms with Gasteiger partial charge in [0.15, 0.2) is 0 Å². The van der Waals surface area contributed by atoms with Crippen LogP contribution >= 0.6 is 12.6 Å². The van der Waals surface area contributed by atoms with Gasteiger partial charge in [-0.05, 0) is 19.3 Å². The summed E-state index contributed by atoms with van der Waals surface area (Å²) in [7, 11) is 0. The second kappa shape index (κ2) is 5.78. The molecule has 0 amide bonds. The van der Waals surface area contributed by atoms with Gasteiger partial charge >= 0.3 is 0 Å². The van der Waals surface area contributed by atoms with Crippen molar-refractivity contribution in [1.29, 1.82) is 0 Å². The first-order valence-corrected chi connectivity index (χ1v) is 7.19. The molecule has 1 heterocycles. The quantitative estimate of drug-likeness (QED) is 0.735. The standard InChI is InChI=1S/C13H22N4S/c1-8(18)13-16-11(14)10(12(15)17-13)7-9-5-3-2-4-6-9/h8-9,18H,2-7H2,1H3,(H4,14,15,16,17). The second-order valence-electron chi connectivity index (χ2n) is 5.21. The van der Waals surface area contributed by atoms with E-state index in [0.29, 0.717) is 23.4 Å². The topological polar surface area (TPSA) is 77.8 Å². The van der Waals surface area contributed by atoms with Gasteiger partial charge in [0, 0.05) is 5.56 Å². The van der Waals surface area contributed by atoms with Crippen molar-refractivity contribution in [2.75, 3.05) is 11.5 Å². The zero-order chi connectivity index (χ0) is 13.1. The normalized spacial score (nSPS) is 18.8. The van der Waals surface area contributed by atoms with Crippen LogP contribution in [0.25, 0.3) is 0 Å². The zero-order valence-corrected chi connectivity index (χ0v) is 11.8. The number of anilines is 2. The Morgan fingerprint density at radius 1 is 1.17 bits per heavy atom. The number of nitrogens with zero attached hydrogens (tertiary/aromatic N) is 2. The third-order valence-corrected chi connectivity index (χ3v) is 3.91. The number of hydrogen-bond acceptors (Lipinski definition) is 5. The third kappa shape index (κ3) is 3.07. The summed E-state index contributed by atoms with van der Waals surface area (Å²) in [6, 6.07) is 0. The lowest BCUT2D eigenvalue weighted by atomic mass is 9.85. The van der Waals surface area contributed by atoms with Crippen LogP contribution in [-0.4, -0.2) is 9.97 Å². The van der Waals surface area contributed by atoms with Gasteiger partial charge in [0.05, 0.1) is 5.25 Å². The van der Waals surface area contributed by atoms with Gasteiger partial charge < -0.3 is 11.5 Å². The van der Waals surface area contributed by atoms with Crippen molar-refractivity contribution in [2.24, 2.45) is 5.92 Å². The van der Waals surface area contributed by atoms with Gasteiger partial charge in [-0.2, -0.15) is 12.6 Å². The molecule has 0 radical (unpaired) electrons. The molecule has 1 unspecified atom stereocenters. The zero-order valence-electron chi connectivity index (χ0n) is 10.9. The molecule has 1 fully saturated rings. The minimum absolute atomic E-state index is 0.0432. The molecule has 1 aromatic rings. The molecular weight excluding hydrogens is 244 g/mol. The molecule has 0 bridgehead atoms. The van der Waals surface area contributed by atoms with Crippen LogP contribution in [0.2, 0.25) is 0 Å². The Morgan fingerprint density at radius 3 is 2.22 bits per heavy atom. The third-order valence-electron chi connectivity index (χ3n) is 3.68. The van der Waals surface area contributed by atoms with Crippen molar-refractivity contribution in [3.63, 3.8) is 0 Å². The maximum Gasteiger partial charge on any atom is 0.145 e. The molecule has 4 nitrogen and oxygen atoms in total. The lowest BCUT2D eigenvalue weighted by Gasteiger charge is -2.22. The average molecular weight is 266 g/mol. The number of nitrogen functional groups attached to an aromatic ring is 2. The van der Waals surface area contributed by atoms with E-state index in [4.69, 9.17) is 11.5 Å². The molecule has 1 atom stereocenters. The fraction of sp³-hybridized carbons (Fsp3) is 0.692. The van der Waals surface area contributed by atoms with Crippen LogP contribution in [0, 0.1) is 5.92 Å². The number of rotatable bonds is 3. The maximum atomic E-state index is 6.01. The van der Waals surface area contributed by atoms with Crippen molar-refractivity contribution < 1.29 is 0 Å². The molecular formula is C13H22N4S. The summed E-state index contributed by atoms with van der Waals surface area (Å²) in [5.41, 5.74) is 13.0. The van der Waals surface area contributed by atoms with E-state index in [0.717, 1.165) is 12.0 Å². The molecule has 0 aliphatic heterocycles. The van der Waals surface area contributed by atoms with Crippen molar-refractivity contribution in [3.8, 4) is 0 Å². The van der Waals surface area contributed by atoms with Crippen LogP contribution in [-0.2, 0) is 6.42 Å². The predicted octanol–water partition coefficient (Wildman–Crippen LogP) is 2.75. The molecule has 100 valence electrons. The molecule has 1 aliphatic carbocycles. The fourth-order valence-electron chi connectivity index (χ4n) is 2.61. The van der Waals surface area contributed by atoms with Gasteiger partial charge in [-0.25, -0.2) is 9.97 Å². The molecule has 5 heteroatoms. The molecule has 0 aromatic carbocycles. The Labute approximate surface area is 114 Å². The summed E-state index contributed by atoms with van der Waals surface area (Å²) in [6.45, 7) is 1.91. The lowest BCUT2D eigenvalue weighted by molar-refractivity contribution is 0.357. The summed E-state index contributed by atoms with van der Waals surface area (Å²) in [6.07, 6.45) is 7.44. The van der Waals surface area contributed by atoms with Crippen molar-refractivity contribution in [1.82, 2.24) is 9.97 Å². The maximum absolute atomic E-state index is 6.01. The number of aromatic nitrogens is 2. The summed E-state index contributed by atoms with van der Waals surface area (Å²) in [5.74, 6) is 2.36. The second-order valence-corrected chi connectivity index (χ2v) is 5.99. The SMILES string of the molecule is CC(S)c1nc(N)c(CC2CCCCC2)c(N)n1. The number of thiol groups is 1. The Kier molecular flexibility index (Phi) is 4.32.